The number of piperazine rings is 1. The van der Waals surface area contributed by atoms with Crippen molar-refractivity contribution >= 4 is 63.3 Å². The Hall–Kier alpha value is -4.05. The van der Waals surface area contributed by atoms with Gasteiger partial charge in [-0.15, -0.1) is 0 Å². The van der Waals surface area contributed by atoms with Crippen LogP contribution in [0.2, 0.25) is 0 Å². The van der Waals surface area contributed by atoms with E-state index in [1.54, 1.807) is 25.7 Å². The lowest BCUT2D eigenvalue weighted by Gasteiger charge is -2.42. The minimum atomic E-state index is -2.72. The summed E-state index contributed by atoms with van der Waals surface area (Å²) in [5, 5.41) is 8.31. The number of benzene rings is 2. The molecule has 2 fully saturated rings. The van der Waals surface area contributed by atoms with Gasteiger partial charge in [-0.05, 0) is 75.7 Å². The molecule has 7 rings (SSSR count). The number of hydrogen-bond acceptors (Lipinski definition) is 10. The van der Waals surface area contributed by atoms with Crippen LogP contribution in [0.1, 0.15) is 12.8 Å². The third-order valence-electron chi connectivity index (χ3n) is 8.83. The van der Waals surface area contributed by atoms with Gasteiger partial charge in [0.05, 0.1) is 21.9 Å². The number of aromatic amines is 1. The molecule has 0 unspecified atom stereocenters. The number of piperidine rings is 1. The fourth-order valence-electron chi connectivity index (χ4n) is 6.45. The summed E-state index contributed by atoms with van der Waals surface area (Å²) in [4.78, 5) is 29.3. The summed E-state index contributed by atoms with van der Waals surface area (Å²) in [5.74, 6) is 1.07. The van der Waals surface area contributed by atoms with E-state index in [1.807, 2.05) is 24.4 Å². The average molecular weight is 611 g/mol. The minimum absolute atomic E-state index is 0.460. The number of nitrogens with one attached hydrogen (secondary N) is 3. The van der Waals surface area contributed by atoms with Crippen molar-refractivity contribution in [1.29, 1.82) is 0 Å². The molecule has 0 radical (unpaired) electrons. The van der Waals surface area contributed by atoms with Crippen LogP contribution >= 0.6 is 7.14 Å². The Labute approximate surface area is 257 Å². The fraction of sp³-hybridized carbons (Fsp3) is 0.375. The highest BCUT2D eigenvalue weighted by atomic mass is 31.2. The molecule has 5 aromatic rings. The first kappa shape index (κ1) is 28.7. The number of aromatic nitrogens is 5. The van der Waals surface area contributed by atoms with Crippen LogP contribution in [0.15, 0.2) is 61.1 Å². The lowest BCUT2D eigenvalue weighted by atomic mass is 10.0. The van der Waals surface area contributed by atoms with Crippen LogP contribution < -0.4 is 20.8 Å². The molecule has 44 heavy (non-hydrogen) atoms. The highest BCUT2D eigenvalue weighted by molar-refractivity contribution is 7.71. The van der Waals surface area contributed by atoms with Crippen molar-refractivity contribution in [2.75, 3.05) is 75.2 Å². The molecule has 11 nitrogen and oxygen atoms in total. The largest absolute Gasteiger partial charge is 0.371 e. The maximum Gasteiger partial charge on any atom is 0.231 e. The summed E-state index contributed by atoms with van der Waals surface area (Å²) in [6.07, 6.45) is 7.53. The Morgan fingerprint density at radius 2 is 1.61 bits per heavy atom. The van der Waals surface area contributed by atoms with Gasteiger partial charge in [0.1, 0.15) is 24.1 Å². The van der Waals surface area contributed by atoms with E-state index < -0.39 is 7.14 Å². The Bertz CT molecular complexity index is 1820. The third-order valence-corrected chi connectivity index (χ3v) is 10.4. The van der Waals surface area contributed by atoms with Gasteiger partial charge >= 0.3 is 0 Å². The quantitative estimate of drug-likeness (QED) is 0.221. The molecule has 228 valence electrons. The van der Waals surface area contributed by atoms with Crippen LogP contribution in [0.25, 0.3) is 22.1 Å². The molecule has 0 spiro atoms. The van der Waals surface area contributed by atoms with Crippen molar-refractivity contribution in [3.05, 3.63) is 61.1 Å². The van der Waals surface area contributed by atoms with Gasteiger partial charge in [0.2, 0.25) is 5.95 Å². The molecule has 2 aromatic carbocycles. The Morgan fingerprint density at radius 3 is 2.36 bits per heavy atom. The first-order valence-electron chi connectivity index (χ1n) is 15.3. The zero-order valence-electron chi connectivity index (χ0n) is 25.5. The number of H-pyrrole nitrogens is 1. The molecule has 0 amide bonds. The first-order chi connectivity index (χ1) is 21.3. The van der Waals surface area contributed by atoms with Crippen molar-refractivity contribution < 1.29 is 4.57 Å². The highest BCUT2D eigenvalue weighted by Crippen LogP contribution is 2.41. The number of anilines is 5. The van der Waals surface area contributed by atoms with Gasteiger partial charge in [0.15, 0.2) is 0 Å². The average Bonchev–Trinajstić information content (AvgIpc) is 3.50. The van der Waals surface area contributed by atoms with E-state index in [0.29, 0.717) is 45.5 Å². The smallest absolute Gasteiger partial charge is 0.231 e. The maximum atomic E-state index is 13.4. The van der Waals surface area contributed by atoms with Gasteiger partial charge in [-0.25, -0.2) is 0 Å². The SMILES string of the molecule is CN1CCN(C2CCN(c3ccc(Nc4nc(Nc5ccc6nccnc6c5P(C)(C)=O)c5cc[nH]c5n4)cc3)CC2)CC1. The van der Waals surface area contributed by atoms with Crippen LogP contribution in [0, 0.1) is 0 Å². The van der Waals surface area contributed by atoms with Crippen LogP contribution in [0.3, 0.4) is 0 Å². The second-order valence-corrected chi connectivity index (χ2v) is 15.4. The van der Waals surface area contributed by atoms with E-state index in [9.17, 15) is 4.57 Å². The van der Waals surface area contributed by atoms with Crippen molar-refractivity contribution in [3.8, 4) is 0 Å². The van der Waals surface area contributed by atoms with E-state index in [-0.39, 0.29) is 0 Å². The van der Waals surface area contributed by atoms with Crippen LogP contribution in [-0.4, -0.2) is 100 Å². The van der Waals surface area contributed by atoms with Gasteiger partial charge in [0, 0.05) is 75.3 Å². The molecular formula is C32H39N10OP. The number of hydrogen-bond donors (Lipinski definition) is 3. The summed E-state index contributed by atoms with van der Waals surface area (Å²) in [6.45, 7) is 10.4. The lowest BCUT2D eigenvalue weighted by molar-refractivity contribution is 0.0982. The van der Waals surface area contributed by atoms with Crippen LogP contribution in [-0.2, 0) is 4.57 Å². The summed E-state index contributed by atoms with van der Waals surface area (Å²) >= 11 is 0. The highest BCUT2D eigenvalue weighted by Gasteiger charge is 2.27. The minimum Gasteiger partial charge on any atom is -0.371 e. The van der Waals surface area contributed by atoms with E-state index in [1.165, 1.54) is 44.7 Å². The number of fused-ring (bicyclic) bond motifs is 2. The molecule has 3 aromatic heterocycles. The first-order valence-corrected chi connectivity index (χ1v) is 17.9. The van der Waals surface area contributed by atoms with E-state index in [4.69, 9.17) is 9.97 Å². The number of rotatable bonds is 7. The maximum absolute atomic E-state index is 13.4. The molecule has 0 bridgehead atoms. The number of likely N-dealkylation sites (N-methyl/N-ethyl adjacent to an activating group) is 1. The van der Waals surface area contributed by atoms with Crippen molar-refractivity contribution in [2.24, 2.45) is 0 Å². The normalized spacial score (nSPS) is 17.4. The zero-order chi connectivity index (χ0) is 30.3. The Morgan fingerprint density at radius 1 is 0.864 bits per heavy atom. The molecule has 0 atom stereocenters. The lowest BCUT2D eigenvalue weighted by Crippen LogP contribution is -2.52. The van der Waals surface area contributed by atoms with Gasteiger partial charge in [0.25, 0.3) is 0 Å². The standard InChI is InChI=1S/C32H39N10OP/c1-40-18-20-42(21-19-40)24-11-16-41(17-12-24)23-6-4-22(5-7-23)36-32-38-30-25(10-13-35-30)31(39-32)37-27-9-8-26-28(34-15-14-33-26)29(27)44(2,3)43/h4-10,13-15,24H,11-12,16-21H2,1-3H3,(H3,35,36,37,38,39). The molecule has 5 heterocycles. The van der Waals surface area contributed by atoms with Gasteiger partial charge in [-0.3, -0.25) is 14.9 Å². The molecular weight excluding hydrogens is 571 g/mol. The second-order valence-electron chi connectivity index (χ2n) is 12.2. The predicted molar refractivity (Wildman–Crippen MR) is 180 cm³/mol. The van der Waals surface area contributed by atoms with Gasteiger partial charge in [-0.2, -0.15) is 9.97 Å². The van der Waals surface area contributed by atoms with Crippen molar-refractivity contribution in [2.45, 2.75) is 18.9 Å². The third kappa shape index (κ3) is 5.87. The summed E-state index contributed by atoms with van der Waals surface area (Å²) in [6, 6.07) is 14.9. The van der Waals surface area contributed by atoms with Crippen LogP contribution in [0.4, 0.5) is 28.8 Å². The van der Waals surface area contributed by atoms with Crippen LogP contribution in [0.5, 0.6) is 0 Å². The molecule has 0 aliphatic carbocycles. The van der Waals surface area contributed by atoms with Crippen molar-refractivity contribution in [3.63, 3.8) is 0 Å². The fourth-order valence-corrected chi connectivity index (χ4v) is 7.84. The Kier molecular flexibility index (Phi) is 7.70. The molecule has 3 N–H and O–H groups in total. The second kappa shape index (κ2) is 11.8. The summed E-state index contributed by atoms with van der Waals surface area (Å²) < 4.78 is 13.4. The molecule has 2 aliphatic rings. The van der Waals surface area contributed by atoms with Crippen molar-refractivity contribution in [1.82, 2.24) is 34.7 Å². The zero-order valence-corrected chi connectivity index (χ0v) is 26.4. The topological polar surface area (TPSA) is 118 Å². The monoisotopic (exact) mass is 610 g/mol. The van der Waals surface area contributed by atoms with Gasteiger partial charge < -0.3 is 30.0 Å². The van der Waals surface area contributed by atoms with E-state index >= 15 is 0 Å². The number of nitrogens with zero attached hydrogens (tertiary/aromatic N) is 7. The Balaban J connectivity index is 1.08. The molecule has 2 saturated heterocycles. The van der Waals surface area contributed by atoms with E-state index in [2.05, 4.69) is 71.6 Å². The molecule has 2 aliphatic heterocycles. The molecule has 12 heteroatoms. The summed E-state index contributed by atoms with van der Waals surface area (Å²) in [5.41, 5.74) is 4.88. The van der Waals surface area contributed by atoms with E-state index in [0.717, 1.165) is 24.2 Å². The molecule has 0 saturated carbocycles. The summed E-state index contributed by atoms with van der Waals surface area (Å²) in [7, 11) is -0.504. The van der Waals surface area contributed by atoms with Gasteiger partial charge in [-0.1, -0.05) is 0 Å². The predicted octanol–water partition coefficient (Wildman–Crippen LogP) is 4.85.